The first-order valence-corrected chi connectivity index (χ1v) is 6.88. The molecule has 0 spiro atoms. The van der Waals surface area contributed by atoms with Crippen molar-refractivity contribution >= 4 is 5.78 Å². The summed E-state index contributed by atoms with van der Waals surface area (Å²) < 4.78 is 10.6. The maximum absolute atomic E-state index is 12.1. The standard InChI is InChI=1S/C15H23NO3/c1-15(2,18-3)14(17)8-9-16(12-6-7-12)11-13-5-4-10-19-13/h4-5,10,12H,6-9,11H2,1-3H3. The van der Waals surface area contributed by atoms with E-state index in [-0.39, 0.29) is 5.78 Å². The minimum atomic E-state index is -0.681. The number of ketones is 1. The van der Waals surface area contributed by atoms with Gasteiger partial charge in [0, 0.05) is 26.1 Å². The van der Waals surface area contributed by atoms with Gasteiger partial charge in [0.15, 0.2) is 5.78 Å². The second-order valence-electron chi connectivity index (χ2n) is 5.67. The van der Waals surface area contributed by atoms with Crippen LogP contribution in [0.1, 0.15) is 38.9 Å². The molecule has 1 aliphatic carbocycles. The molecule has 4 heteroatoms. The van der Waals surface area contributed by atoms with Gasteiger partial charge in [-0.3, -0.25) is 9.69 Å². The minimum absolute atomic E-state index is 0.153. The molecule has 1 aromatic rings. The predicted octanol–water partition coefficient (Wildman–Crippen LogP) is 2.63. The molecule has 2 rings (SSSR count). The molecule has 0 saturated heterocycles. The van der Waals surface area contributed by atoms with E-state index >= 15 is 0 Å². The van der Waals surface area contributed by atoms with Crippen molar-refractivity contribution < 1.29 is 13.9 Å². The second-order valence-corrected chi connectivity index (χ2v) is 5.67. The first-order valence-electron chi connectivity index (χ1n) is 6.88. The highest BCUT2D eigenvalue weighted by molar-refractivity contribution is 5.86. The third kappa shape index (κ3) is 3.91. The Morgan fingerprint density at radius 3 is 2.79 bits per heavy atom. The topological polar surface area (TPSA) is 42.7 Å². The van der Waals surface area contributed by atoms with E-state index in [9.17, 15) is 4.79 Å². The summed E-state index contributed by atoms with van der Waals surface area (Å²) in [6.45, 7) is 5.21. The maximum atomic E-state index is 12.1. The van der Waals surface area contributed by atoms with E-state index in [0.29, 0.717) is 12.5 Å². The van der Waals surface area contributed by atoms with Gasteiger partial charge in [-0.15, -0.1) is 0 Å². The van der Waals surface area contributed by atoms with Crippen LogP contribution in [0.2, 0.25) is 0 Å². The SMILES string of the molecule is COC(C)(C)C(=O)CCN(Cc1ccco1)C1CC1. The largest absolute Gasteiger partial charge is 0.468 e. The zero-order valence-electron chi connectivity index (χ0n) is 12.0. The van der Waals surface area contributed by atoms with Crippen LogP contribution in [0.15, 0.2) is 22.8 Å². The molecule has 0 aliphatic heterocycles. The van der Waals surface area contributed by atoms with Crippen LogP contribution in [0.25, 0.3) is 0 Å². The Morgan fingerprint density at radius 2 is 2.26 bits per heavy atom. The second kappa shape index (κ2) is 5.88. The van der Waals surface area contributed by atoms with E-state index in [2.05, 4.69) is 4.90 Å². The molecule has 0 N–H and O–H groups in total. The van der Waals surface area contributed by atoms with Crippen LogP contribution in [-0.4, -0.2) is 36.0 Å². The van der Waals surface area contributed by atoms with Crippen LogP contribution >= 0.6 is 0 Å². The Bertz CT molecular complexity index is 407. The number of hydrogen-bond donors (Lipinski definition) is 0. The number of Topliss-reactive ketones (excluding diaryl/α,β-unsaturated/α-hetero) is 1. The van der Waals surface area contributed by atoms with Crippen molar-refractivity contribution in [1.29, 1.82) is 0 Å². The van der Waals surface area contributed by atoms with Gasteiger partial charge in [0.1, 0.15) is 11.4 Å². The van der Waals surface area contributed by atoms with E-state index in [1.54, 1.807) is 13.4 Å². The summed E-state index contributed by atoms with van der Waals surface area (Å²) in [5, 5.41) is 0. The van der Waals surface area contributed by atoms with Gasteiger partial charge in [0.25, 0.3) is 0 Å². The monoisotopic (exact) mass is 265 g/mol. The van der Waals surface area contributed by atoms with Gasteiger partial charge in [-0.2, -0.15) is 0 Å². The van der Waals surface area contributed by atoms with Crippen LogP contribution in [0.4, 0.5) is 0 Å². The van der Waals surface area contributed by atoms with Gasteiger partial charge in [0.05, 0.1) is 12.8 Å². The first-order chi connectivity index (χ1) is 9.03. The molecule has 0 atom stereocenters. The zero-order valence-corrected chi connectivity index (χ0v) is 12.0. The van der Waals surface area contributed by atoms with Gasteiger partial charge in [-0.1, -0.05) is 0 Å². The molecule has 0 amide bonds. The third-order valence-corrected chi connectivity index (χ3v) is 3.81. The summed E-state index contributed by atoms with van der Waals surface area (Å²) in [5.74, 6) is 1.12. The van der Waals surface area contributed by atoms with Gasteiger partial charge in [0.2, 0.25) is 0 Å². The minimum Gasteiger partial charge on any atom is -0.468 e. The highest BCUT2D eigenvalue weighted by Crippen LogP contribution is 2.28. The van der Waals surface area contributed by atoms with Gasteiger partial charge in [-0.05, 0) is 38.8 Å². The van der Waals surface area contributed by atoms with E-state index < -0.39 is 5.60 Å². The lowest BCUT2D eigenvalue weighted by Crippen LogP contribution is -2.37. The lowest BCUT2D eigenvalue weighted by Gasteiger charge is -2.24. The van der Waals surface area contributed by atoms with Crippen molar-refractivity contribution in [3.8, 4) is 0 Å². The molecule has 0 radical (unpaired) electrons. The number of rotatable bonds is 8. The number of carbonyl (C=O) groups is 1. The van der Waals surface area contributed by atoms with Crippen molar-refractivity contribution in [1.82, 2.24) is 4.90 Å². The molecule has 1 fully saturated rings. The van der Waals surface area contributed by atoms with Crippen LogP contribution in [0, 0.1) is 0 Å². The summed E-state index contributed by atoms with van der Waals surface area (Å²) in [5.41, 5.74) is -0.681. The summed E-state index contributed by atoms with van der Waals surface area (Å²) in [6, 6.07) is 4.50. The normalized spacial score (nSPS) is 16.0. The quantitative estimate of drug-likeness (QED) is 0.724. The van der Waals surface area contributed by atoms with Crippen molar-refractivity contribution in [3.63, 3.8) is 0 Å². The molecule has 0 bridgehead atoms. The van der Waals surface area contributed by atoms with Gasteiger partial charge < -0.3 is 9.15 Å². The fourth-order valence-electron chi connectivity index (χ4n) is 2.09. The first kappa shape index (κ1) is 14.3. The van der Waals surface area contributed by atoms with Crippen molar-refractivity contribution in [2.24, 2.45) is 0 Å². The molecule has 1 aliphatic rings. The fraction of sp³-hybridized carbons (Fsp3) is 0.667. The van der Waals surface area contributed by atoms with Crippen LogP contribution in [-0.2, 0) is 16.1 Å². The summed E-state index contributed by atoms with van der Waals surface area (Å²) in [6.07, 6.45) is 4.67. The van der Waals surface area contributed by atoms with E-state index in [1.165, 1.54) is 12.8 Å². The Balaban J connectivity index is 1.86. The average molecular weight is 265 g/mol. The number of hydrogen-bond acceptors (Lipinski definition) is 4. The van der Waals surface area contributed by atoms with Crippen molar-refractivity contribution in [3.05, 3.63) is 24.2 Å². The Morgan fingerprint density at radius 1 is 1.53 bits per heavy atom. The number of carbonyl (C=O) groups excluding carboxylic acids is 1. The lowest BCUT2D eigenvalue weighted by molar-refractivity contribution is -0.137. The number of ether oxygens (including phenoxy) is 1. The highest BCUT2D eigenvalue weighted by Gasteiger charge is 2.32. The molecular weight excluding hydrogens is 242 g/mol. The number of methoxy groups -OCH3 is 1. The van der Waals surface area contributed by atoms with Crippen molar-refractivity contribution in [2.45, 2.75) is 51.3 Å². The molecule has 1 saturated carbocycles. The summed E-state index contributed by atoms with van der Waals surface area (Å²) in [7, 11) is 1.58. The van der Waals surface area contributed by atoms with Crippen molar-refractivity contribution in [2.75, 3.05) is 13.7 Å². The number of furan rings is 1. The molecular formula is C15H23NO3. The van der Waals surface area contributed by atoms with E-state index in [4.69, 9.17) is 9.15 Å². The molecule has 19 heavy (non-hydrogen) atoms. The zero-order chi connectivity index (χ0) is 13.9. The molecule has 0 aromatic carbocycles. The predicted molar refractivity (Wildman–Crippen MR) is 72.9 cm³/mol. The van der Waals surface area contributed by atoms with Gasteiger partial charge in [-0.25, -0.2) is 0 Å². The van der Waals surface area contributed by atoms with Crippen LogP contribution < -0.4 is 0 Å². The Labute approximate surface area is 114 Å². The molecule has 1 aromatic heterocycles. The maximum Gasteiger partial charge on any atom is 0.165 e. The van der Waals surface area contributed by atoms with E-state index in [1.807, 2.05) is 26.0 Å². The third-order valence-electron chi connectivity index (χ3n) is 3.81. The number of nitrogens with zero attached hydrogens (tertiary/aromatic N) is 1. The Hall–Kier alpha value is -1.13. The molecule has 106 valence electrons. The van der Waals surface area contributed by atoms with Crippen LogP contribution in [0.3, 0.4) is 0 Å². The molecule has 4 nitrogen and oxygen atoms in total. The molecule has 0 unspecified atom stereocenters. The van der Waals surface area contributed by atoms with Crippen LogP contribution in [0.5, 0.6) is 0 Å². The molecule has 1 heterocycles. The summed E-state index contributed by atoms with van der Waals surface area (Å²) >= 11 is 0. The van der Waals surface area contributed by atoms with Gasteiger partial charge >= 0.3 is 0 Å². The highest BCUT2D eigenvalue weighted by atomic mass is 16.5. The average Bonchev–Trinajstić information content (AvgIpc) is 3.12. The fourth-order valence-corrected chi connectivity index (χ4v) is 2.09. The smallest absolute Gasteiger partial charge is 0.165 e. The summed E-state index contributed by atoms with van der Waals surface area (Å²) in [4.78, 5) is 14.4. The Kier molecular flexibility index (Phi) is 4.42. The lowest BCUT2D eigenvalue weighted by atomic mass is 10.0. The van der Waals surface area contributed by atoms with E-state index in [0.717, 1.165) is 18.8 Å².